The number of rotatable bonds is 3. The fourth-order valence-corrected chi connectivity index (χ4v) is 2.20. The summed E-state index contributed by atoms with van der Waals surface area (Å²) < 4.78 is 37.8. The number of nitrogen functional groups attached to an aromatic ring is 1. The molecule has 2 rings (SSSR count). The molecule has 0 radical (unpaired) electrons. The number of alkyl halides is 3. The van der Waals surface area contributed by atoms with Crippen LogP contribution in [0.25, 0.3) is 0 Å². The van der Waals surface area contributed by atoms with Gasteiger partial charge in [0, 0.05) is 25.8 Å². The quantitative estimate of drug-likeness (QED) is 0.870. The summed E-state index contributed by atoms with van der Waals surface area (Å²) in [6.45, 7) is 1.27. The van der Waals surface area contributed by atoms with Gasteiger partial charge in [0.2, 0.25) is 5.82 Å². The van der Waals surface area contributed by atoms with E-state index in [1.54, 1.807) is 4.90 Å². The molecule has 0 aliphatic carbocycles. The van der Waals surface area contributed by atoms with E-state index in [4.69, 9.17) is 10.8 Å². The van der Waals surface area contributed by atoms with Gasteiger partial charge in [-0.3, -0.25) is 0 Å². The maximum absolute atomic E-state index is 12.6. The summed E-state index contributed by atoms with van der Waals surface area (Å²) in [4.78, 5) is 8.48. The van der Waals surface area contributed by atoms with E-state index >= 15 is 0 Å². The van der Waals surface area contributed by atoms with E-state index in [1.165, 1.54) is 6.07 Å². The smallest absolute Gasteiger partial charge is 0.396 e. The average Bonchev–Trinajstić information content (AvgIpc) is 2.76. The molecule has 1 aromatic heterocycles. The van der Waals surface area contributed by atoms with Crippen LogP contribution in [0.2, 0.25) is 0 Å². The van der Waals surface area contributed by atoms with Crippen molar-refractivity contribution in [2.24, 2.45) is 5.92 Å². The maximum Gasteiger partial charge on any atom is 0.451 e. The van der Waals surface area contributed by atoms with E-state index in [-0.39, 0.29) is 24.2 Å². The van der Waals surface area contributed by atoms with Gasteiger partial charge in [0.25, 0.3) is 0 Å². The standard InChI is InChI=1S/C11H15F3N4O/c12-11(13,14)10-16-8(15)5-9(17-10)18-3-1-7(6-18)2-4-19/h5,7,19H,1-4,6H2,(H2,15,16,17). The van der Waals surface area contributed by atoms with Crippen LogP contribution < -0.4 is 10.6 Å². The van der Waals surface area contributed by atoms with Gasteiger partial charge < -0.3 is 15.7 Å². The molecule has 0 saturated carbocycles. The molecule has 106 valence electrons. The molecule has 1 unspecified atom stereocenters. The third-order valence-corrected chi connectivity index (χ3v) is 3.13. The SMILES string of the molecule is Nc1cc(N2CCC(CCO)C2)nc(C(F)(F)F)n1. The van der Waals surface area contributed by atoms with Crippen molar-refractivity contribution in [2.75, 3.05) is 30.3 Å². The number of aromatic nitrogens is 2. The number of hydrogen-bond donors (Lipinski definition) is 2. The Morgan fingerprint density at radius 3 is 2.79 bits per heavy atom. The van der Waals surface area contributed by atoms with E-state index in [1.807, 2.05) is 0 Å². The van der Waals surface area contributed by atoms with Crippen molar-refractivity contribution in [3.63, 3.8) is 0 Å². The molecule has 1 fully saturated rings. The van der Waals surface area contributed by atoms with E-state index in [2.05, 4.69) is 9.97 Å². The van der Waals surface area contributed by atoms with Crippen molar-refractivity contribution < 1.29 is 18.3 Å². The Morgan fingerprint density at radius 1 is 1.42 bits per heavy atom. The first-order valence-electron chi connectivity index (χ1n) is 5.97. The number of hydrogen-bond acceptors (Lipinski definition) is 5. The number of anilines is 2. The van der Waals surface area contributed by atoms with Crippen LogP contribution in [0.5, 0.6) is 0 Å². The van der Waals surface area contributed by atoms with Gasteiger partial charge in [0.1, 0.15) is 11.6 Å². The highest BCUT2D eigenvalue weighted by atomic mass is 19.4. The molecule has 3 N–H and O–H groups in total. The maximum atomic E-state index is 12.6. The van der Waals surface area contributed by atoms with Gasteiger partial charge in [-0.25, -0.2) is 9.97 Å². The van der Waals surface area contributed by atoms with Crippen molar-refractivity contribution in [1.82, 2.24) is 9.97 Å². The van der Waals surface area contributed by atoms with Gasteiger partial charge in [-0.1, -0.05) is 0 Å². The number of nitrogens with two attached hydrogens (primary N) is 1. The lowest BCUT2D eigenvalue weighted by molar-refractivity contribution is -0.144. The highest BCUT2D eigenvalue weighted by Gasteiger charge is 2.36. The summed E-state index contributed by atoms with van der Waals surface area (Å²) in [7, 11) is 0. The van der Waals surface area contributed by atoms with Crippen LogP contribution in [0.1, 0.15) is 18.7 Å². The molecule has 1 atom stereocenters. The molecule has 0 bridgehead atoms. The first-order valence-corrected chi connectivity index (χ1v) is 5.97. The number of halogens is 3. The molecule has 1 aliphatic heterocycles. The zero-order chi connectivity index (χ0) is 14.0. The fourth-order valence-electron chi connectivity index (χ4n) is 2.20. The molecule has 1 aliphatic rings. The van der Waals surface area contributed by atoms with Crippen molar-refractivity contribution in [3.8, 4) is 0 Å². The average molecular weight is 276 g/mol. The molecule has 0 spiro atoms. The van der Waals surface area contributed by atoms with Crippen LogP contribution in [0.4, 0.5) is 24.8 Å². The van der Waals surface area contributed by atoms with Crippen molar-refractivity contribution >= 4 is 11.6 Å². The van der Waals surface area contributed by atoms with Crippen LogP contribution in [0, 0.1) is 5.92 Å². The van der Waals surface area contributed by atoms with Crippen LogP contribution in [-0.4, -0.2) is 34.8 Å². The van der Waals surface area contributed by atoms with Gasteiger partial charge in [-0.2, -0.15) is 13.2 Å². The number of aliphatic hydroxyl groups excluding tert-OH is 1. The Morgan fingerprint density at radius 2 is 2.16 bits per heavy atom. The Kier molecular flexibility index (Phi) is 3.79. The summed E-state index contributed by atoms with van der Waals surface area (Å²) >= 11 is 0. The van der Waals surface area contributed by atoms with Crippen LogP contribution in [0.15, 0.2) is 6.07 Å². The van der Waals surface area contributed by atoms with E-state index in [9.17, 15) is 13.2 Å². The van der Waals surface area contributed by atoms with Gasteiger partial charge >= 0.3 is 6.18 Å². The van der Waals surface area contributed by atoms with E-state index in [0.29, 0.717) is 19.5 Å². The molecular weight excluding hydrogens is 261 g/mol. The second-order valence-electron chi connectivity index (χ2n) is 4.59. The van der Waals surface area contributed by atoms with Crippen molar-refractivity contribution in [3.05, 3.63) is 11.9 Å². The Bertz CT molecular complexity index is 452. The molecular formula is C11H15F3N4O. The summed E-state index contributed by atoms with van der Waals surface area (Å²) in [6, 6.07) is 1.34. The molecule has 1 saturated heterocycles. The number of aliphatic hydroxyl groups is 1. The summed E-state index contributed by atoms with van der Waals surface area (Å²) in [5.74, 6) is -0.938. The monoisotopic (exact) mass is 276 g/mol. The summed E-state index contributed by atoms with van der Waals surface area (Å²) in [5.41, 5.74) is 5.40. The molecule has 8 heteroatoms. The minimum atomic E-state index is -4.60. The van der Waals surface area contributed by atoms with Crippen molar-refractivity contribution in [1.29, 1.82) is 0 Å². The zero-order valence-corrected chi connectivity index (χ0v) is 10.2. The van der Waals surface area contributed by atoms with Gasteiger partial charge in [-0.05, 0) is 18.8 Å². The van der Waals surface area contributed by atoms with Gasteiger partial charge in [0.15, 0.2) is 0 Å². The summed E-state index contributed by atoms with van der Waals surface area (Å²) in [5, 5.41) is 8.87. The fraction of sp³-hybridized carbons (Fsp3) is 0.636. The molecule has 19 heavy (non-hydrogen) atoms. The minimum Gasteiger partial charge on any atom is -0.396 e. The normalized spacial score (nSPS) is 20.0. The van der Waals surface area contributed by atoms with E-state index in [0.717, 1.165) is 6.42 Å². The first-order chi connectivity index (χ1) is 8.90. The molecule has 1 aromatic rings. The lowest BCUT2D eigenvalue weighted by Gasteiger charge is -2.18. The first kappa shape index (κ1) is 13.9. The Balaban J connectivity index is 2.19. The molecule has 2 heterocycles. The topological polar surface area (TPSA) is 75.3 Å². The summed E-state index contributed by atoms with van der Waals surface area (Å²) in [6.07, 6.45) is -3.14. The molecule has 0 aromatic carbocycles. The largest absolute Gasteiger partial charge is 0.451 e. The Labute approximate surface area is 108 Å². The van der Waals surface area contributed by atoms with Crippen molar-refractivity contribution in [2.45, 2.75) is 19.0 Å². The van der Waals surface area contributed by atoms with Gasteiger partial charge in [0.05, 0.1) is 0 Å². The molecule has 5 nitrogen and oxygen atoms in total. The highest BCUT2D eigenvalue weighted by molar-refractivity contribution is 5.48. The van der Waals surface area contributed by atoms with E-state index < -0.39 is 12.0 Å². The predicted molar refractivity (Wildman–Crippen MR) is 63.5 cm³/mol. The predicted octanol–water partition coefficient (Wildman–Crippen LogP) is 1.29. The zero-order valence-electron chi connectivity index (χ0n) is 10.2. The Hall–Kier alpha value is -1.57. The molecule has 0 amide bonds. The van der Waals surface area contributed by atoms with Gasteiger partial charge in [-0.15, -0.1) is 0 Å². The second kappa shape index (κ2) is 5.20. The second-order valence-corrected chi connectivity index (χ2v) is 4.59. The minimum absolute atomic E-state index is 0.0816. The lowest BCUT2D eigenvalue weighted by atomic mass is 10.1. The van der Waals surface area contributed by atoms with Crippen LogP contribution in [0.3, 0.4) is 0 Å². The lowest BCUT2D eigenvalue weighted by Crippen LogP contribution is -2.23. The van der Waals surface area contributed by atoms with Crippen LogP contribution >= 0.6 is 0 Å². The third kappa shape index (κ3) is 3.25. The third-order valence-electron chi connectivity index (χ3n) is 3.13. The highest BCUT2D eigenvalue weighted by Crippen LogP contribution is 2.30. The van der Waals surface area contributed by atoms with Crippen LogP contribution in [-0.2, 0) is 6.18 Å². The number of nitrogens with zero attached hydrogens (tertiary/aromatic N) is 3.